The molecule has 0 radical (unpaired) electrons. The third-order valence-corrected chi connectivity index (χ3v) is 7.27. The molecule has 1 heterocycles. The van der Waals surface area contributed by atoms with Crippen molar-refractivity contribution in [1.82, 2.24) is 9.71 Å². The first-order valence-corrected chi connectivity index (χ1v) is 11.2. The van der Waals surface area contributed by atoms with Crippen molar-refractivity contribution in [3.05, 3.63) is 64.7 Å². The van der Waals surface area contributed by atoms with Crippen LogP contribution < -0.4 is 10.5 Å². The van der Waals surface area contributed by atoms with E-state index in [1.54, 1.807) is 18.2 Å². The number of fused-ring (bicyclic) bond motifs is 1. The van der Waals surface area contributed by atoms with Gasteiger partial charge in [-0.1, -0.05) is 18.2 Å². The van der Waals surface area contributed by atoms with Crippen molar-refractivity contribution in [2.75, 3.05) is 5.73 Å². The average molecular weight is 436 g/mol. The largest absolute Gasteiger partial charge is 0.399 e. The highest BCUT2D eigenvalue weighted by molar-refractivity contribution is 7.89. The van der Waals surface area contributed by atoms with E-state index < -0.39 is 10.0 Å². The van der Waals surface area contributed by atoms with Crippen LogP contribution in [0.3, 0.4) is 0 Å². The van der Waals surface area contributed by atoms with Gasteiger partial charge in [-0.2, -0.15) is 0 Å². The molecule has 4 rings (SSSR count). The Morgan fingerprint density at radius 3 is 2.79 bits per heavy atom. The number of nitrogens with two attached hydrogens (primary N) is 1. The molecule has 1 aliphatic carbocycles. The summed E-state index contributed by atoms with van der Waals surface area (Å²) in [5, 5.41) is 2.78. The fraction of sp³-hybridized carbons (Fsp3) is 0.250. The molecule has 0 bridgehead atoms. The molecule has 2 aromatic carbocycles. The zero-order valence-electron chi connectivity index (χ0n) is 15.4. The van der Waals surface area contributed by atoms with Gasteiger partial charge in [0.2, 0.25) is 10.0 Å². The normalized spacial score (nSPS) is 16.2. The first-order valence-electron chi connectivity index (χ1n) is 8.85. The number of aromatic nitrogens is 1. The number of rotatable bonds is 4. The van der Waals surface area contributed by atoms with Gasteiger partial charge in [0.05, 0.1) is 4.90 Å². The zero-order chi connectivity index (χ0) is 19.0. The van der Waals surface area contributed by atoms with Crippen LogP contribution in [0.15, 0.2) is 52.7 Å². The minimum absolute atomic E-state index is 0. The zero-order valence-corrected chi connectivity index (χ0v) is 17.8. The van der Waals surface area contributed by atoms with E-state index in [0.29, 0.717) is 5.69 Å². The van der Waals surface area contributed by atoms with E-state index in [9.17, 15) is 8.42 Å². The van der Waals surface area contributed by atoms with E-state index in [0.717, 1.165) is 46.7 Å². The van der Waals surface area contributed by atoms with Crippen molar-refractivity contribution in [3.63, 3.8) is 0 Å². The first kappa shape index (κ1) is 20.8. The van der Waals surface area contributed by atoms with Crippen LogP contribution in [0.2, 0.25) is 0 Å². The van der Waals surface area contributed by atoms with Crippen LogP contribution in [0.4, 0.5) is 5.69 Å². The topological polar surface area (TPSA) is 85.1 Å². The van der Waals surface area contributed by atoms with E-state index in [4.69, 9.17) is 5.73 Å². The van der Waals surface area contributed by atoms with Crippen molar-refractivity contribution in [1.29, 1.82) is 0 Å². The van der Waals surface area contributed by atoms with Gasteiger partial charge in [0.1, 0.15) is 5.01 Å². The summed E-state index contributed by atoms with van der Waals surface area (Å²) in [5.41, 5.74) is 10.5. The second kappa shape index (κ2) is 8.21. The molecule has 0 saturated heterocycles. The molecule has 8 heteroatoms. The molecule has 5 nitrogen and oxygen atoms in total. The van der Waals surface area contributed by atoms with Gasteiger partial charge in [-0.15, -0.1) is 23.7 Å². The fourth-order valence-corrected chi connectivity index (χ4v) is 5.58. The SMILES string of the molecule is Cc1csc(-c2cccc(S(=O)(=O)NC3CCCc4cc(N)ccc43)c2)n1.Cl. The van der Waals surface area contributed by atoms with E-state index >= 15 is 0 Å². The first-order chi connectivity index (χ1) is 12.9. The lowest BCUT2D eigenvalue weighted by Crippen LogP contribution is -2.31. The van der Waals surface area contributed by atoms with Gasteiger partial charge < -0.3 is 5.73 Å². The third kappa shape index (κ3) is 4.22. The molecular formula is C20H22ClN3O2S2. The van der Waals surface area contributed by atoms with Crippen LogP contribution in [0.1, 0.15) is 35.7 Å². The summed E-state index contributed by atoms with van der Waals surface area (Å²) in [6.07, 6.45) is 2.64. The van der Waals surface area contributed by atoms with Crippen molar-refractivity contribution >= 4 is 39.5 Å². The quantitative estimate of drug-likeness (QED) is 0.591. The second-order valence-electron chi connectivity index (χ2n) is 6.85. The van der Waals surface area contributed by atoms with Crippen LogP contribution in [-0.4, -0.2) is 13.4 Å². The van der Waals surface area contributed by atoms with E-state index in [-0.39, 0.29) is 23.3 Å². The van der Waals surface area contributed by atoms with Crippen LogP contribution in [-0.2, 0) is 16.4 Å². The maximum absolute atomic E-state index is 13.0. The highest BCUT2D eigenvalue weighted by Gasteiger charge is 2.26. The Morgan fingerprint density at radius 1 is 1.21 bits per heavy atom. The lowest BCUT2D eigenvalue weighted by Gasteiger charge is -2.26. The van der Waals surface area contributed by atoms with Crippen molar-refractivity contribution < 1.29 is 8.42 Å². The Kier molecular flexibility index (Phi) is 6.09. The molecule has 1 aromatic heterocycles. The van der Waals surface area contributed by atoms with E-state index in [1.165, 1.54) is 11.3 Å². The number of sulfonamides is 1. The summed E-state index contributed by atoms with van der Waals surface area (Å²) >= 11 is 1.51. The third-order valence-electron chi connectivity index (χ3n) is 4.79. The number of nitrogens with one attached hydrogen (secondary N) is 1. The summed E-state index contributed by atoms with van der Waals surface area (Å²) in [5.74, 6) is 0. The van der Waals surface area contributed by atoms with Crippen molar-refractivity contribution in [3.8, 4) is 10.6 Å². The molecule has 1 aliphatic rings. The van der Waals surface area contributed by atoms with Crippen LogP contribution in [0.5, 0.6) is 0 Å². The summed E-state index contributed by atoms with van der Waals surface area (Å²) in [6.45, 7) is 1.93. The van der Waals surface area contributed by atoms with Crippen LogP contribution in [0, 0.1) is 6.92 Å². The molecule has 3 N–H and O–H groups in total. The maximum Gasteiger partial charge on any atom is 0.241 e. The molecule has 0 saturated carbocycles. The number of nitrogens with zero attached hydrogens (tertiary/aromatic N) is 1. The number of nitrogen functional groups attached to an aromatic ring is 1. The minimum atomic E-state index is -3.64. The number of anilines is 1. The van der Waals surface area contributed by atoms with Crippen LogP contribution in [0.25, 0.3) is 10.6 Å². The molecule has 0 aliphatic heterocycles. The molecular weight excluding hydrogens is 414 g/mol. The molecule has 1 atom stereocenters. The standard InChI is InChI=1S/C20H21N3O2S2.ClH/c1-13-12-26-20(22-13)15-5-2-6-17(11-15)27(24,25)23-19-7-3-4-14-10-16(21)8-9-18(14)19;/h2,5-6,8-12,19,23H,3-4,7,21H2,1H3;1H. The Morgan fingerprint density at radius 2 is 2.04 bits per heavy atom. The number of hydrogen-bond acceptors (Lipinski definition) is 5. The monoisotopic (exact) mass is 435 g/mol. The highest BCUT2D eigenvalue weighted by atomic mass is 35.5. The van der Waals surface area contributed by atoms with E-state index in [2.05, 4.69) is 9.71 Å². The number of hydrogen-bond donors (Lipinski definition) is 2. The van der Waals surface area contributed by atoms with Gasteiger partial charge in [0.25, 0.3) is 0 Å². The second-order valence-corrected chi connectivity index (χ2v) is 9.42. The summed E-state index contributed by atoms with van der Waals surface area (Å²) in [6, 6.07) is 12.4. The minimum Gasteiger partial charge on any atom is -0.399 e. The summed E-state index contributed by atoms with van der Waals surface area (Å²) < 4.78 is 28.9. The number of benzene rings is 2. The smallest absolute Gasteiger partial charge is 0.241 e. The van der Waals surface area contributed by atoms with E-state index in [1.807, 2.05) is 36.6 Å². The van der Waals surface area contributed by atoms with Gasteiger partial charge in [-0.3, -0.25) is 0 Å². The average Bonchev–Trinajstić information content (AvgIpc) is 3.08. The predicted molar refractivity (Wildman–Crippen MR) is 116 cm³/mol. The Labute approximate surface area is 175 Å². The highest BCUT2D eigenvalue weighted by Crippen LogP contribution is 2.33. The molecule has 0 amide bonds. The van der Waals surface area contributed by atoms with Crippen molar-refractivity contribution in [2.24, 2.45) is 0 Å². The summed E-state index contributed by atoms with van der Waals surface area (Å²) in [4.78, 5) is 4.71. The molecule has 28 heavy (non-hydrogen) atoms. The Bertz CT molecular complexity index is 1100. The van der Waals surface area contributed by atoms with Crippen LogP contribution >= 0.6 is 23.7 Å². The lowest BCUT2D eigenvalue weighted by atomic mass is 9.88. The van der Waals surface area contributed by atoms with Gasteiger partial charge >= 0.3 is 0 Å². The van der Waals surface area contributed by atoms with Gasteiger partial charge in [-0.25, -0.2) is 18.1 Å². The van der Waals surface area contributed by atoms with Gasteiger partial charge in [0.15, 0.2) is 0 Å². The molecule has 148 valence electrons. The molecule has 0 spiro atoms. The number of thiazole rings is 1. The number of halogens is 1. The summed E-state index contributed by atoms with van der Waals surface area (Å²) in [7, 11) is -3.64. The number of aryl methyl sites for hydroxylation is 2. The Hall–Kier alpha value is -1.93. The fourth-order valence-electron chi connectivity index (χ4n) is 3.49. The molecule has 3 aromatic rings. The molecule has 0 fully saturated rings. The Balaban J connectivity index is 0.00000225. The van der Waals surface area contributed by atoms with Crippen molar-refractivity contribution in [2.45, 2.75) is 37.1 Å². The lowest BCUT2D eigenvalue weighted by molar-refractivity contribution is 0.507. The van der Waals surface area contributed by atoms with Gasteiger partial charge in [0, 0.05) is 28.4 Å². The maximum atomic E-state index is 13.0. The molecule has 1 unspecified atom stereocenters. The predicted octanol–water partition coefficient (Wildman–Crippen LogP) is 4.48. The van der Waals surface area contributed by atoms with Gasteiger partial charge in [-0.05, 0) is 61.6 Å².